The van der Waals surface area contributed by atoms with E-state index in [-0.39, 0.29) is 5.54 Å². The van der Waals surface area contributed by atoms with Crippen LogP contribution in [0.5, 0.6) is 0 Å². The highest BCUT2D eigenvalue weighted by Gasteiger charge is 2.29. The zero-order valence-corrected chi connectivity index (χ0v) is 8.29. The normalized spacial score (nSPS) is 16.9. The Morgan fingerprint density at radius 2 is 2.00 bits per heavy atom. The van der Waals surface area contributed by atoms with Crippen molar-refractivity contribution in [1.82, 2.24) is 4.90 Å². The summed E-state index contributed by atoms with van der Waals surface area (Å²) in [5.74, 6) is 0. The summed E-state index contributed by atoms with van der Waals surface area (Å²) in [6.07, 6.45) is -0.855. The molecule has 74 valence electrons. The lowest BCUT2D eigenvalue weighted by Gasteiger charge is -2.36. The molecule has 0 aromatic carbocycles. The van der Waals surface area contributed by atoms with Crippen molar-refractivity contribution < 1.29 is 9.90 Å². The molecule has 0 spiro atoms. The van der Waals surface area contributed by atoms with Gasteiger partial charge in [0.2, 0.25) is 0 Å². The van der Waals surface area contributed by atoms with Gasteiger partial charge in [-0.05, 0) is 26.3 Å². The van der Waals surface area contributed by atoms with Gasteiger partial charge >= 0.3 is 6.09 Å². The Kier molecular flexibility index (Phi) is 2.34. The van der Waals surface area contributed by atoms with Crippen molar-refractivity contribution in [2.75, 3.05) is 13.1 Å². The molecule has 0 atom stereocenters. The summed E-state index contributed by atoms with van der Waals surface area (Å²) in [5, 5.41) is 8.61. The molecule has 0 radical (unpaired) electrons. The van der Waals surface area contributed by atoms with E-state index in [9.17, 15) is 4.79 Å². The Morgan fingerprint density at radius 1 is 1.54 bits per heavy atom. The molecule has 1 aliphatic heterocycles. The summed E-state index contributed by atoms with van der Waals surface area (Å²) in [5.41, 5.74) is 7.80. The van der Waals surface area contributed by atoms with Gasteiger partial charge in [0, 0.05) is 18.6 Å². The minimum atomic E-state index is -0.855. The summed E-state index contributed by atoms with van der Waals surface area (Å²) in [4.78, 5) is 11.8. The topological polar surface area (TPSA) is 66.6 Å². The van der Waals surface area contributed by atoms with Crippen LogP contribution in [0.3, 0.4) is 0 Å². The van der Waals surface area contributed by atoms with Crippen molar-refractivity contribution in [3.8, 4) is 0 Å². The number of nitrogens with two attached hydrogens (primary N) is 1. The van der Waals surface area contributed by atoms with Crippen LogP contribution in [0, 0.1) is 0 Å². The minimum Gasteiger partial charge on any atom is -0.465 e. The van der Waals surface area contributed by atoms with E-state index in [2.05, 4.69) is 0 Å². The van der Waals surface area contributed by atoms with Gasteiger partial charge in [0.25, 0.3) is 0 Å². The maximum absolute atomic E-state index is 10.5. The maximum Gasteiger partial charge on any atom is 0.407 e. The number of nitrogens with zero attached hydrogens (tertiary/aromatic N) is 1. The lowest BCUT2D eigenvalue weighted by Crippen LogP contribution is -2.47. The zero-order valence-electron chi connectivity index (χ0n) is 8.29. The van der Waals surface area contributed by atoms with Gasteiger partial charge in [-0.3, -0.25) is 0 Å². The first-order valence-corrected chi connectivity index (χ1v) is 4.28. The van der Waals surface area contributed by atoms with Crippen molar-refractivity contribution in [2.24, 2.45) is 5.73 Å². The van der Waals surface area contributed by atoms with Crippen molar-refractivity contribution in [3.63, 3.8) is 0 Å². The largest absolute Gasteiger partial charge is 0.465 e. The van der Waals surface area contributed by atoms with Crippen molar-refractivity contribution in [1.29, 1.82) is 0 Å². The van der Waals surface area contributed by atoms with E-state index in [1.807, 2.05) is 20.8 Å². The van der Waals surface area contributed by atoms with Crippen LogP contribution >= 0.6 is 0 Å². The highest BCUT2D eigenvalue weighted by atomic mass is 16.4. The van der Waals surface area contributed by atoms with Crippen LogP contribution in [0.25, 0.3) is 0 Å². The molecular weight excluding hydrogens is 168 g/mol. The van der Waals surface area contributed by atoms with E-state index in [0.717, 1.165) is 11.1 Å². The molecular formula is C9H16N2O2. The van der Waals surface area contributed by atoms with Gasteiger partial charge in [-0.15, -0.1) is 0 Å². The summed E-state index contributed by atoms with van der Waals surface area (Å²) < 4.78 is 0. The Labute approximate surface area is 78.0 Å². The number of carboxylic acid groups (broad SMARTS) is 1. The molecule has 13 heavy (non-hydrogen) atoms. The standard InChI is InChI=1S/C9H16N2O2/c1-6(9(2,3)10)7-4-11(5-7)8(12)13/h4-5,10H2,1-3H3,(H,12,13). The number of amides is 1. The van der Waals surface area contributed by atoms with Crippen LogP contribution in [0.1, 0.15) is 20.8 Å². The monoisotopic (exact) mass is 184 g/mol. The Bertz CT molecular complexity index is 255. The second-order valence-corrected chi connectivity index (χ2v) is 4.09. The maximum atomic E-state index is 10.5. The molecule has 4 heteroatoms. The molecule has 4 nitrogen and oxygen atoms in total. The summed E-state index contributed by atoms with van der Waals surface area (Å²) in [7, 11) is 0. The molecule has 1 fully saturated rings. The van der Waals surface area contributed by atoms with Gasteiger partial charge < -0.3 is 15.7 Å². The molecule has 1 heterocycles. The molecule has 1 saturated heterocycles. The SMILES string of the molecule is CC(=C1CN(C(=O)O)C1)C(C)(C)N. The number of rotatable bonds is 1. The second-order valence-electron chi connectivity index (χ2n) is 4.09. The van der Waals surface area contributed by atoms with Gasteiger partial charge in [0.15, 0.2) is 0 Å². The van der Waals surface area contributed by atoms with Crippen molar-refractivity contribution >= 4 is 6.09 Å². The van der Waals surface area contributed by atoms with Gasteiger partial charge in [-0.2, -0.15) is 0 Å². The van der Waals surface area contributed by atoms with Gasteiger partial charge in [-0.1, -0.05) is 5.57 Å². The fourth-order valence-corrected chi connectivity index (χ4v) is 1.24. The van der Waals surface area contributed by atoms with Gasteiger partial charge in [0.1, 0.15) is 0 Å². The van der Waals surface area contributed by atoms with Crippen LogP contribution in [0.2, 0.25) is 0 Å². The molecule has 0 saturated carbocycles. The highest BCUT2D eigenvalue weighted by Crippen LogP contribution is 2.24. The summed E-state index contributed by atoms with van der Waals surface area (Å²) in [6, 6.07) is 0. The molecule has 0 aromatic rings. The molecule has 3 N–H and O–H groups in total. The predicted molar refractivity (Wildman–Crippen MR) is 50.6 cm³/mol. The molecule has 1 amide bonds. The Hall–Kier alpha value is -1.03. The molecule has 1 rings (SSSR count). The van der Waals surface area contributed by atoms with Crippen LogP contribution < -0.4 is 5.73 Å². The van der Waals surface area contributed by atoms with E-state index in [1.165, 1.54) is 4.90 Å². The number of hydrogen-bond donors (Lipinski definition) is 2. The smallest absolute Gasteiger partial charge is 0.407 e. The molecule has 1 aliphatic rings. The quantitative estimate of drug-likeness (QED) is 0.598. The lowest BCUT2D eigenvalue weighted by molar-refractivity contribution is 0.137. The third kappa shape index (κ3) is 2.01. The van der Waals surface area contributed by atoms with E-state index < -0.39 is 6.09 Å². The number of likely N-dealkylation sites (tertiary alicyclic amines) is 1. The Morgan fingerprint density at radius 3 is 2.31 bits per heavy atom. The average molecular weight is 184 g/mol. The molecule has 0 unspecified atom stereocenters. The molecule has 0 bridgehead atoms. The predicted octanol–water partition coefficient (Wildman–Crippen LogP) is 1.03. The zero-order chi connectivity index (χ0) is 10.2. The van der Waals surface area contributed by atoms with Crippen molar-refractivity contribution in [2.45, 2.75) is 26.3 Å². The fourth-order valence-electron chi connectivity index (χ4n) is 1.24. The van der Waals surface area contributed by atoms with Gasteiger partial charge in [-0.25, -0.2) is 4.79 Å². The third-order valence-corrected chi connectivity index (χ3v) is 2.53. The second kappa shape index (κ2) is 3.03. The van der Waals surface area contributed by atoms with Crippen LogP contribution in [0.15, 0.2) is 11.1 Å². The lowest BCUT2D eigenvalue weighted by atomic mass is 9.89. The van der Waals surface area contributed by atoms with E-state index in [1.54, 1.807) is 0 Å². The Balaban J connectivity index is 2.64. The third-order valence-electron chi connectivity index (χ3n) is 2.53. The number of hydrogen-bond acceptors (Lipinski definition) is 2. The first kappa shape index (κ1) is 10.1. The summed E-state index contributed by atoms with van der Waals surface area (Å²) in [6.45, 7) is 6.86. The van der Waals surface area contributed by atoms with Crippen LogP contribution in [-0.2, 0) is 0 Å². The van der Waals surface area contributed by atoms with Crippen LogP contribution in [0.4, 0.5) is 4.79 Å². The first-order chi connectivity index (χ1) is 5.82. The highest BCUT2D eigenvalue weighted by molar-refractivity contribution is 5.68. The van der Waals surface area contributed by atoms with Crippen LogP contribution in [-0.4, -0.2) is 34.7 Å². The summed E-state index contributed by atoms with van der Waals surface area (Å²) >= 11 is 0. The van der Waals surface area contributed by atoms with Crippen molar-refractivity contribution in [3.05, 3.63) is 11.1 Å². The average Bonchev–Trinajstić information content (AvgIpc) is 1.80. The van der Waals surface area contributed by atoms with E-state index >= 15 is 0 Å². The molecule has 0 aliphatic carbocycles. The minimum absolute atomic E-state index is 0.333. The fraction of sp³-hybridized carbons (Fsp3) is 0.667. The number of carbonyl (C=O) groups is 1. The van der Waals surface area contributed by atoms with E-state index in [0.29, 0.717) is 13.1 Å². The first-order valence-electron chi connectivity index (χ1n) is 4.28. The molecule has 0 aromatic heterocycles. The van der Waals surface area contributed by atoms with Gasteiger partial charge in [0.05, 0.1) is 0 Å². The van der Waals surface area contributed by atoms with E-state index in [4.69, 9.17) is 10.8 Å².